The zero-order valence-electron chi connectivity index (χ0n) is 9.11. The number of alkyl halides is 1. The highest BCUT2D eigenvalue weighted by Crippen LogP contribution is 2.46. The van der Waals surface area contributed by atoms with E-state index in [9.17, 15) is 4.39 Å². The monoisotopic (exact) mass is 186 g/mol. The van der Waals surface area contributed by atoms with Gasteiger partial charge in [-0.1, -0.05) is 33.1 Å². The molecule has 1 unspecified atom stereocenters. The average Bonchev–Trinajstić information content (AvgIpc) is 2.54. The molecule has 0 amide bonds. The molecule has 0 spiro atoms. The minimum Gasteiger partial charge on any atom is -0.247 e. The minimum absolute atomic E-state index is 0.393. The van der Waals surface area contributed by atoms with Gasteiger partial charge < -0.3 is 0 Å². The molecule has 0 aromatic heterocycles. The lowest BCUT2D eigenvalue weighted by Gasteiger charge is -2.29. The second-order valence-corrected chi connectivity index (χ2v) is 4.67. The molecule has 78 valence electrons. The SMILES string of the molecule is CCCC1(CC(F)CC)CCCC1. The molecule has 0 nitrogen and oxygen atoms in total. The summed E-state index contributed by atoms with van der Waals surface area (Å²) in [4.78, 5) is 0. The molecule has 0 aliphatic heterocycles. The summed E-state index contributed by atoms with van der Waals surface area (Å²) in [5.74, 6) is 0. The molecule has 0 radical (unpaired) electrons. The van der Waals surface area contributed by atoms with E-state index in [1.807, 2.05) is 6.92 Å². The Balaban J connectivity index is 2.46. The van der Waals surface area contributed by atoms with Crippen LogP contribution in [-0.2, 0) is 0 Å². The smallest absolute Gasteiger partial charge is 0.100 e. The van der Waals surface area contributed by atoms with Gasteiger partial charge in [-0.3, -0.25) is 0 Å². The van der Waals surface area contributed by atoms with E-state index in [1.165, 1.54) is 38.5 Å². The van der Waals surface area contributed by atoms with Crippen molar-refractivity contribution >= 4 is 0 Å². The van der Waals surface area contributed by atoms with Crippen LogP contribution in [0.25, 0.3) is 0 Å². The first kappa shape index (κ1) is 11.0. The summed E-state index contributed by atoms with van der Waals surface area (Å²) in [5.41, 5.74) is 0.393. The van der Waals surface area contributed by atoms with E-state index in [2.05, 4.69) is 6.92 Å². The fourth-order valence-electron chi connectivity index (χ4n) is 2.83. The van der Waals surface area contributed by atoms with E-state index >= 15 is 0 Å². The molecule has 1 heteroatoms. The Kier molecular flexibility index (Phi) is 4.21. The van der Waals surface area contributed by atoms with E-state index in [0.717, 1.165) is 6.42 Å². The van der Waals surface area contributed by atoms with Gasteiger partial charge in [0.2, 0.25) is 0 Å². The highest BCUT2D eigenvalue weighted by atomic mass is 19.1. The lowest BCUT2D eigenvalue weighted by atomic mass is 9.77. The standard InChI is InChI=1S/C12H23F/c1-3-7-12(8-5-6-9-12)10-11(13)4-2/h11H,3-10H2,1-2H3. The van der Waals surface area contributed by atoms with Crippen LogP contribution in [0.15, 0.2) is 0 Å². The molecule has 0 heterocycles. The van der Waals surface area contributed by atoms with Crippen LogP contribution in [0.1, 0.15) is 65.2 Å². The molecule has 1 rings (SSSR count). The Morgan fingerprint density at radius 1 is 1.23 bits per heavy atom. The van der Waals surface area contributed by atoms with Crippen molar-refractivity contribution in [3.8, 4) is 0 Å². The van der Waals surface area contributed by atoms with Gasteiger partial charge in [-0.15, -0.1) is 0 Å². The van der Waals surface area contributed by atoms with Gasteiger partial charge >= 0.3 is 0 Å². The lowest BCUT2D eigenvalue weighted by Crippen LogP contribution is -2.21. The summed E-state index contributed by atoms with van der Waals surface area (Å²) < 4.78 is 13.4. The molecule has 1 aliphatic carbocycles. The van der Waals surface area contributed by atoms with Gasteiger partial charge in [0.25, 0.3) is 0 Å². The first-order valence-corrected chi connectivity index (χ1v) is 5.86. The van der Waals surface area contributed by atoms with E-state index in [4.69, 9.17) is 0 Å². The van der Waals surface area contributed by atoms with Gasteiger partial charge in [0.1, 0.15) is 6.17 Å². The number of hydrogen-bond acceptors (Lipinski definition) is 0. The third-order valence-electron chi connectivity index (χ3n) is 3.54. The predicted octanol–water partition coefficient (Wildman–Crippen LogP) is 4.49. The van der Waals surface area contributed by atoms with E-state index in [1.54, 1.807) is 0 Å². The maximum Gasteiger partial charge on any atom is 0.100 e. The van der Waals surface area contributed by atoms with Gasteiger partial charge in [0, 0.05) is 0 Å². The fourth-order valence-corrected chi connectivity index (χ4v) is 2.83. The highest BCUT2D eigenvalue weighted by Gasteiger charge is 2.34. The maximum atomic E-state index is 13.4. The Bertz CT molecular complexity index is 136. The van der Waals surface area contributed by atoms with Crippen molar-refractivity contribution < 1.29 is 4.39 Å². The summed E-state index contributed by atoms with van der Waals surface area (Å²) in [7, 11) is 0. The lowest BCUT2D eigenvalue weighted by molar-refractivity contribution is 0.161. The molecule has 0 N–H and O–H groups in total. The first-order chi connectivity index (χ1) is 6.22. The Morgan fingerprint density at radius 3 is 2.31 bits per heavy atom. The third kappa shape index (κ3) is 2.96. The second kappa shape index (κ2) is 4.97. The fraction of sp³-hybridized carbons (Fsp3) is 1.00. The molecule has 1 saturated carbocycles. The number of rotatable bonds is 5. The van der Waals surface area contributed by atoms with Crippen LogP contribution < -0.4 is 0 Å². The summed E-state index contributed by atoms with van der Waals surface area (Å²) in [5, 5.41) is 0. The molecular weight excluding hydrogens is 163 g/mol. The first-order valence-electron chi connectivity index (χ1n) is 5.86. The molecule has 0 aromatic rings. The number of halogens is 1. The quantitative estimate of drug-likeness (QED) is 0.593. The van der Waals surface area contributed by atoms with Crippen molar-refractivity contribution in [3.63, 3.8) is 0 Å². The largest absolute Gasteiger partial charge is 0.247 e. The highest BCUT2D eigenvalue weighted by molar-refractivity contribution is 4.86. The zero-order valence-corrected chi connectivity index (χ0v) is 9.11. The summed E-state index contributed by atoms with van der Waals surface area (Å²) in [6.45, 7) is 4.18. The summed E-state index contributed by atoms with van der Waals surface area (Å²) >= 11 is 0. The zero-order chi connectivity index (χ0) is 9.73. The van der Waals surface area contributed by atoms with Crippen molar-refractivity contribution in [2.45, 2.75) is 71.4 Å². The second-order valence-electron chi connectivity index (χ2n) is 4.67. The van der Waals surface area contributed by atoms with Gasteiger partial charge in [0.15, 0.2) is 0 Å². The van der Waals surface area contributed by atoms with E-state index in [-0.39, 0.29) is 0 Å². The van der Waals surface area contributed by atoms with Crippen molar-refractivity contribution in [2.24, 2.45) is 5.41 Å². The number of hydrogen-bond donors (Lipinski definition) is 0. The molecule has 1 aliphatic rings. The Morgan fingerprint density at radius 2 is 1.85 bits per heavy atom. The van der Waals surface area contributed by atoms with Crippen LogP contribution in [0.5, 0.6) is 0 Å². The van der Waals surface area contributed by atoms with Gasteiger partial charge in [0.05, 0.1) is 0 Å². The van der Waals surface area contributed by atoms with Crippen LogP contribution in [0.3, 0.4) is 0 Å². The van der Waals surface area contributed by atoms with Crippen molar-refractivity contribution in [1.29, 1.82) is 0 Å². The summed E-state index contributed by atoms with van der Waals surface area (Å²) in [6, 6.07) is 0. The predicted molar refractivity (Wildman–Crippen MR) is 55.6 cm³/mol. The van der Waals surface area contributed by atoms with Crippen LogP contribution >= 0.6 is 0 Å². The molecule has 1 fully saturated rings. The van der Waals surface area contributed by atoms with Crippen molar-refractivity contribution in [3.05, 3.63) is 0 Å². The normalized spacial score (nSPS) is 23.3. The van der Waals surface area contributed by atoms with Gasteiger partial charge in [-0.2, -0.15) is 0 Å². The minimum atomic E-state index is -0.551. The van der Waals surface area contributed by atoms with E-state index in [0.29, 0.717) is 11.8 Å². The Labute approximate surface area is 81.9 Å². The molecule has 0 bridgehead atoms. The molecular formula is C12H23F. The van der Waals surface area contributed by atoms with Crippen LogP contribution in [-0.4, -0.2) is 6.17 Å². The Hall–Kier alpha value is -0.0700. The molecule has 1 atom stereocenters. The molecule has 0 saturated heterocycles. The van der Waals surface area contributed by atoms with Crippen molar-refractivity contribution in [2.75, 3.05) is 0 Å². The van der Waals surface area contributed by atoms with Gasteiger partial charge in [-0.25, -0.2) is 4.39 Å². The maximum absolute atomic E-state index is 13.4. The van der Waals surface area contributed by atoms with Crippen LogP contribution in [0.2, 0.25) is 0 Å². The average molecular weight is 186 g/mol. The van der Waals surface area contributed by atoms with E-state index < -0.39 is 6.17 Å². The topological polar surface area (TPSA) is 0 Å². The molecule has 0 aromatic carbocycles. The van der Waals surface area contributed by atoms with Crippen LogP contribution in [0.4, 0.5) is 4.39 Å². The van der Waals surface area contributed by atoms with Crippen LogP contribution in [0, 0.1) is 5.41 Å². The van der Waals surface area contributed by atoms with Gasteiger partial charge in [-0.05, 0) is 37.5 Å². The van der Waals surface area contributed by atoms with Crippen molar-refractivity contribution in [1.82, 2.24) is 0 Å². The summed E-state index contributed by atoms with van der Waals surface area (Å²) in [6.07, 6.45) is 8.66. The molecule has 13 heavy (non-hydrogen) atoms. The third-order valence-corrected chi connectivity index (χ3v) is 3.54.